The predicted octanol–water partition coefficient (Wildman–Crippen LogP) is 3.86. The lowest BCUT2D eigenvalue weighted by Gasteiger charge is -2.10. The first-order valence-corrected chi connectivity index (χ1v) is 9.79. The summed E-state index contributed by atoms with van der Waals surface area (Å²) >= 11 is 0. The Bertz CT molecular complexity index is 1160. The van der Waals surface area contributed by atoms with E-state index in [1.807, 2.05) is 6.07 Å². The van der Waals surface area contributed by atoms with E-state index in [1.165, 1.54) is 5.56 Å². The lowest BCUT2D eigenvalue weighted by Crippen LogP contribution is -2.36. The second kappa shape index (κ2) is 8.71. The van der Waals surface area contributed by atoms with Gasteiger partial charge in [0.25, 0.3) is 5.91 Å². The fourth-order valence-corrected chi connectivity index (χ4v) is 3.53. The zero-order valence-electron chi connectivity index (χ0n) is 16.4. The van der Waals surface area contributed by atoms with E-state index < -0.39 is 41.5 Å². The first-order valence-electron chi connectivity index (χ1n) is 9.79. The molecule has 1 aromatic heterocycles. The van der Waals surface area contributed by atoms with Crippen molar-refractivity contribution in [2.45, 2.75) is 25.7 Å². The lowest BCUT2D eigenvalue weighted by molar-refractivity contribution is -0.125. The van der Waals surface area contributed by atoms with Gasteiger partial charge in [-0.05, 0) is 49.6 Å². The molecule has 0 saturated carbocycles. The number of carbonyl (C=O) groups excluding carboxylic acids is 2. The van der Waals surface area contributed by atoms with Crippen molar-refractivity contribution in [3.8, 4) is 5.75 Å². The second-order valence-corrected chi connectivity index (χ2v) is 7.21. The van der Waals surface area contributed by atoms with Crippen molar-refractivity contribution in [2.24, 2.45) is 0 Å². The number of hydrogen-bond donors (Lipinski definition) is 2. The van der Waals surface area contributed by atoms with Crippen LogP contribution in [0.4, 0.5) is 18.9 Å². The molecule has 0 aliphatic heterocycles. The van der Waals surface area contributed by atoms with Crippen LogP contribution >= 0.6 is 0 Å². The molecule has 0 radical (unpaired) electrons. The topological polar surface area (TPSA) is 80.6 Å². The van der Waals surface area contributed by atoms with E-state index in [2.05, 4.69) is 10.6 Å². The van der Waals surface area contributed by atoms with Crippen molar-refractivity contribution < 1.29 is 31.9 Å². The normalized spacial score (nSPS) is 13.0. The molecular formula is C22H19F3N2O4. The summed E-state index contributed by atoms with van der Waals surface area (Å²) in [6.07, 6.45) is 4.07. The summed E-state index contributed by atoms with van der Waals surface area (Å²) in [5.74, 6) is -4.45. The summed E-state index contributed by atoms with van der Waals surface area (Å²) in [6, 6.07) is 6.90. The molecule has 0 spiro atoms. The zero-order chi connectivity index (χ0) is 22.0. The monoisotopic (exact) mass is 432 g/mol. The molecule has 1 aliphatic carbocycles. The predicted molar refractivity (Wildman–Crippen MR) is 106 cm³/mol. The Balaban J connectivity index is 1.29. The summed E-state index contributed by atoms with van der Waals surface area (Å²) in [7, 11) is 0. The van der Waals surface area contributed by atoms with E-state index in [1.54, 1.807) is 12.1 Å². The molecule has 1 aliphatic rings. The number of aryl methyl sites for hydroxylation is 2. The maximum Gasteiger partial charge on any atom is 0.258 e. The number of furan rings is 1. The molecule has 31 heavy (non-hydrogen) atoms. The Morgan fingerprint density at radius 2 is 1.81 bits per heavy atom. The zero-order valence-corrected chi connectivity index (χ0v) is 16.4. The van der Waals surface area contributed by atoms with Crippen LogP contribution < -0.4 is 15.4 Å². The van der Waals surface area contributed by atoms with Gasteiger partial charge in [0, 0.05) is 17.4 Å². The molecule has 0 atom stereocenters. The van der Waals surface area contributed by atoms with Crippen LogP contribution in [0.5, 0.6) is 5.75 Å². The van der Waals surface area contributed by atoms with Crippen LogP contribution in [-0.2, 0) is 22.4 Å². The Kier molecular flexibility index (Phi) is 5.83. The van der Waals surface area contributed by atoms with Crippen LogP contribution in [0.15, 0.2) is 34.7 Å². The molecule has 3 aromatic rings. The standard InChI is InChI=1S/C22H19F3N2O4/c23-15-6-7-16(22(25)21(15)24)27-19(28)10-26-20(29)11-30-12-5-8-18-14(9-12)13-3-1-2-4-17(13)31-18/h5-9H,1-4,10-11H2,(H,26,29)(H,27,28). The van der Waals surface area contributed by atoms with Crippen molar-refractivity contribution in [1.82, 2.24) is 5.32 Å². The van der Waals surface area contributed by atoms with E-state index in [0.29, 0.717) is 11.8 Å². The quantitative estimate of drug-likeness (QED) is 0.580. The fourth-order valence-electron chi connectivity index (χ4n) is 3.53. The maximum absolute atomic E-state index is 13.6. The third-order valence-electron chi connectivity index (χ3n) is 5.05. The number of anilines is 1. The molecule has 2 aromatic carbocycles. The van der Waals surface area contributed by atoms with Crippen LogP contribution in [0.1, 0.15) is 24.2 Å². The molecule has 1 heterocycles. The number of nitrogens with one attached hydrogen (secondary N) is 2. The first kappa shape index (κ1) is 20.8. The summed E-state index contributed by atoms with van der Waals surface area (Å²) in [5, 5.41) is 5.36. The lowest BCUT2D eigenvalue weighted by atomic mass is 9.96. The highest BCUT2D eigenvalue weighted by Crippen LogP contribution is 2.33. The highest BCUT2D eigenvalue weighted by Gasteiger charge is 2.19. The second-order valence-electron chi connectivity index (χ2n) is 7.21. The number of amides is 2. The van der Waals surface area contributed by atoms with Gasteiger partial charge in [0.2, 0.25) is 5.91 Å². The van der Waals surface area contributed by atoms with E-state index in [4.69, 9.17) is 9.15 Å². The van der Waals surface area contributed by atoms with Crippen molar-refractivity contribution in [2.75, 3.05) is 18.5 Å². The number of benzene rings is 2. The van der Waals surface area contributed by atoms with Crippen LogP contribution in [0.25, 0.3) is 11.0 Å². The van der Waals surface area contributed by atoms with Gasteiger partial charge in [0.05, 0.1) is 12.2 Å². The third kappa shape index (κ3) is 4.50. The van der Waals surface area contributed by atoms with Gasteiger partial charge in [-0.3, -0.25) is 9.59 Å². The van der Waals surface area contributed by atoms with Gasteiger partial charge in [-0.25, -0.2) is 13.2 Å². The number of halogens is 3. The van der Waals surface area contributed by atoms with E-state index in [9.17, 15) is 22.8 Å². The Morgan fingerprint density at radius 1 is 1.00 bits per heavy atom. The molecule has 6 nitrogen and oxygen atoms in total. The molecule has 4 rings (SSSR count). The van der Waals surface area contributed by atoms with E-state index in [-0.39, 0.29) is 6.61 Å². The van der Waals surface area contributed by atoms with Gasteiger partial charge in [0.15, 0.2) is 24.1 Å². The molecule has 0 unspecified atom stereocenters. The molecule has 2 amide bonds. The highest BCUT2D eigenvalue weighted by molar-refractivity contribution is 5.94. The molecular weight excluding hydrogens is 413 g/mol. The number of ether oxygens (including phenoxy) is 1. The van der Waals surface area contributed by atoms with Crippen LogP contribution in [0.3, 0.4) is 0 Å². The van der Waals surface area contributed by atoms with Gasteiger partial charge >= 0.3 is 0 Å². The van der Waals surface area contributed by atoms with Gasteiger partial charge in [-0.15, -0.1) is 0 Å². The first-order chi connectivity index (χ1) is 14.9. The fraction of sp³-hybridized carbons (Fsp3) is 0.273. The Hall–Kier alpha value is -3.49. The van der Waals surface area contributed by atoms with Crippen LogP contribution in [0, 0.1) is 17.5 Å². The minimum absolute atomic E-state index is 0.335. The summed E-state index contributed by atoms with van der Waals surface area (Å²) in [4.78, 5) is 23.8. The molecule has 0 saturated heterocycles. The average Bonchev–Trinajstić information content (AvgIpc) is 3.14. The number of hydrogen-bond acceptors (Lipinski definition) is 4. The van der Waals surface area contributed by atoms with Crippen molar-refractivity contribution >= 4 is 28.5 Å². The molecule has 0 bridgehead atoms. The van der Waals surface area contributed by atoms with E-state index >= 15 is 0 Å². The average molecular weight is 432 g/mol. The molecule has 9 heteroatoms. The van der Waals surface area contributed by atoms with Crippen molar-refractivity contribution in [1.29, 1.82) is 0 Å². The SMILES string of the molecule is O=C(COc1ccc2oc3c(c2c1)CCCC3)NCC(=O)Nc1ccc(F)c(F)c1F. The summed E-state index contributed by atoms with van der Waals surface area (Å²) in [6.45, 7) is -0.826. The molecule has 2 N–H and O–H groups in total. The van der Waals surface area contributed by atoms with Gasteiger partial charge in [-0.1, -0.05) is 0 Å². The highest BCUT2D eigenvalue weighted by atomic mass is 19.2. The number of rotatable bonds is 6. The van der Waals surface area contributed by atoms with Crippen molar-refractivity contribution in [3.05, 3.63) is 59.1 Å². The van der Waals surface area contributed by atoms with Gasteiger partial charge in [-0.2, -0.15) is 0 Å². The Morgan fingerprint density at radius 3 is 2.65 bits per heavy atom. The number of fused-ring (bicyclic) bond motifs is 3. The Labute approximate surface area is 175 Å². The van der Waals surface area contributed by atoms with Crippen LogP contribution in [0.2, 0.25) is 0 Å². The number of carbonyl (C=O) groups is 2. The van der Waals surface area contributed by atoms with Crippen LogP contribution in [-0.4, -0.2) is 25.0 Å². The van der Waals surface area contributed by atoms with Gasteiger partial charge in [0.1, 0.15) is 17.1 Å². The van der Waals surface area contributed by atoms with Crippen molar-refractivity contribution in [3.63, 3.8) is 0 Å². The smallest absolute Gasteiger partial charge is 0.258 e. The maximum atomic E-state index is 13.6. The summed E-state index contributed by atoms with van der Waals surface area (Å²) < 4.78 is 51.1. The minimum atomic E-state index is -1.69. The third-order valence-corrected chi connectivity index (χ3v) is 5.05. The minimum Gasteiger partial charge on any atom is -0.484 e. The van der Waals surface area contributed by atoms with E-state index in [0.717, 1.165) is 48.5 Å². The summed E-state index contributed by atoms with van der Waals surface area (Å²) in [5.41, 5.74) is 1.44. The largest absolute Gasteiger partial charge is 0.484 e. The molecule has 162 valence electrons. The molecule has 0 fully saturated rings. The van der Waals surface area contributed by atoms with Gasteiger partial charge < -0.3 is 19.8 Å².